The molecule has 7 nitrogen and oxygen atoms in total. The first-order valence-electron chi connectivity index (χ1n) is 11.1. The summed E-state index contributed by atoms with van der Waals surface area (Å²) in [7, 11) is 0. The molecule has 3 aliphatic rings. The van der Waals surface area contributed by atoms with Crippen LogP contribution in [0.2, 0.25) is 0 Å². The van der Waals surface area contributed by atoms with Crippen LogP contribution >= 0.6 is 0 Å². The Morgan fingerprint density at radius 1 is 0.967 bits per heavy atom. The predicted molar refractivity (Wildman–Crippen MR) is 114 cm³/mol. The van der Waals surface area contributed by atoms with Gasteiger partial charge in [0.05, 0.1) is 11.5 Å². The quantitative estimate of drug-likeness (QED) is 0.842. The molecule has 1 atom stereocenters. The van der Waals surface area contributed by atoms with Gasteiger partial charge in [-0.3, -0.25) is 9.78 Å². The Kier molecular flexibility index (Phi) is 5.15. The molecule has 2 aliphatic heterocycles. The first-order valence-corrected chi connectivity index (χ1v) is 11.1. The summed E-state index contributed by atoms with van der Waals surface area (Å²) in [5.41, 5.74) is 1.71. The summed E-state index contributed by atoms with van der Waals surface area (Å²) < 4.78 is 0. The Bertz CT molecular complexity index is 882. The Morgan fingerprint density at radius 2 is 1.70 bits per heavy atom. The number of hydrogen-bond acceptors (Lipinski definition) is 6. The lowest BCUT2D eigenvalue weighted by Gasteiger charge is -2.40. The fourth-order valence-electron chi connectivity index (χ4n) is 5.42. The van der Waals surface area contributed by atoms with Gasteiger partial charge in [0.15, 0.2) is 0 Å². The molecule has 1 N–H and O–H groups in total. The number of anilines is 1. The molecule has 0 radical (unpaired) electrons. The molecule has 1 spiro atoms. The van der Waals surface area contributed by atoms with Crippen LogP contribution in [0.1, 0.15) is 44.9 Å². The minimum atomic E-state index is -0.304. The minimum absolute atomic E-state index is 0.189. The van der Waals surface area contributed by atoms with E-state index in [1.54, 1.807) is 12.4 Å². The van der Waals surface area contributed by atoms with E-state index in [4.69, 9.17) is 0 Å². The monoisotopic (exact) mass is 407 g/mol. The zero-order valence-corrected chi connectivity index (χ0v) is 17.3. The summed E-state index contributed by atoms with van der Waals surface area (Å²) in [4.78, 5) is 31.1. The zero-order chi connectivity index (χ0) is 20.6. The molecule has 7 heteroatoms. The molecule has 2 saturated heterocycles. The fourth-order valence-corrected chi connectivity index (χ4v) is 5.42. The van der Waals surface area contributed by atoms with Gasteiger partial charge in [-0.2, -0.15) is 0 Å². The van der Waals surface area contributed by atoms with Gasteiger partial charge in [0, 0.05) is 56.0 Å². The fraction of sp³-hybridized carbons (Fsp3) is 0.565. The van der Waals surface area contributed by atoms with Crippen molar-refractivity contribution >= 4 is 11.9 Å². The lowest BCUT2D eigenvalue weighted by molar-refractivity contribution is -0.139. The average Bonchev–Trinajstić information content (AvgIpc) is 3.10. The van der Waals surface area contributed by atoms with E-state index in [-0.39, 0.29) is 11.5 Å². The summed E-state index contributed by atoms with van der Waals surface area (Å²) in [6.07, 6.45) is 13.4. The minimum Gasteiger partial charge on any atom is -0.393 e. The van der Waals surface area contributed by atoms with Crippen molar-refractivity contribution in [2.24, 2.45) is 5.41 Å². The highest BCUT2D eigenvalue weighted by molar-refractivity contribution is 5.86. The molecule has 0 bridgehead atoms. The van der Waals surface area contributed by atoms with Gasteiger partial charge < -0.3 is 14.9 Å². The second-order valence-electron chi connectivity index (χ2n) is 9.02. The molecule has 0 aromatic carbocycles. The molecule has 158 valence electrons. The van der Waals surface area contributed by atoms with Crippen molar-refractivity contribution in [3.05, 3.63) is 36.9 Å². The van der Waals surface area contributed by atoms with Crippen LogP contribution < -0.4 is 4.90 Å². The number of carbonyl (C=O) groups excluding carboxylic acids is 1. The summed E-state index contributed by atoms with van der Waals surface area (Å²) in [6.45, 7) is 2.43. The van der Waals surface area contributed by atoms with Crippen LogP contribution in [0.4, 0.5) is 5.95 Å². The zero-order valence-electron chi connectivity index (χ0n) is 17.3. The molecule has 3 fully saturated rings. The van der Waals surface area contributed by atoms with Crippen LogP contribution in [-0.4, -0.2) is 62.6 Å². The molecule has 4 heterocycles. The van der Waals surface area contributed by atoms with E-state index in [0.29, 0.717) is 24.4 Å². The lowest BCUT2D eigenvalue weighted by atomic mass is 9.78. The highest BCUT2D eigenvalue weighted by Crippen LogP contribution is 2.43. The van der Waals surface area contributed by atoms with Gasteiger partial charge in [0.2, 0.25) is 11.9 Å². The van der Waals surface area contributed by atoms with E-state index in [1.165, 1.54) is 0 Å². The highest BCUT2D eigenvalue weighted by atomic mass is 16.3. The Labute approximate surface area is 177 Å². The molecule has 0 unspecified atom stereocenters. The van der Waals surface area contributed by atoms with Gasteiger partial charge >= 0.3 is 0 Å². The van der Waals surface area contributed by atoms with Crippen molar-refractivity contribution in [1.82, 2.24) is 19.9 Å². The Hall–Kier alpha value is -2.54. The molecular weight excluding hydrogens is 378 g/mol. The number of aromatic nitrogens is 3. The number of pyridine rings is 1. The normalized spacial score (nSPS) is 29.6. The molecule has 5 rings (SSSR count). The maximum Gasteiger partial charge on any atom is 0.230 e. The van der Waals surface area contributed by atoms with E-state index in [2.05, 4.69) is 24.8 Å². The second-order valence-corrected chi connectivity index (χ2v) is 9.02. The van der Waals surface area contributed by atoms with Gasteiger partial charge in [-0.05, 0) is 62.6 Å². The number of aliphatic hydroxyl groups is 1. The van der Waals surface area contributed by atoms with Crippen LogP contribution in [0, 0.1) is 5.41 Å². The van der Waals surface area contributed by atoms with Crippen molar-refractivity contribution in [2.45, 2.75) is 57.1 Å². The molecule has 1 saturated carbocycles. The molecule has 2 aromatic rings. The van der Waals surface area contributed by atoms with E-state index in [9.17, 15) is 9.90 Å². The Morgan fingerprint density at radius 3 is 2.43 bits per heavy atom. The molecule has 1 aliphatic carbocycles. The average molecular weight is 408 g/mol. The third-order valence-electron chi connectivity index (χ3n) is 7.16. The number of rotatable bonds is 3. The predicted octanol–water partition coefficient (Wildman–Crippen LogP) is 2.66. The van der Waals surface area contributed by atoms with Crippen LogP contribution in [0.3, 0.4) is 0 Å². The number of hydrogen-bond donors (Lipinski definition) is 1. The number of likely N-dealkylation sites (tertiary alicyclic amines) is 1. The van der Waals surface area contributed by atoms with Crippen LogP contribution in [-0.2, 0) is 4.79 Å². The van der Waals surface area contributed by atoms with E-state index in [1.807, 2.05) is 24.5 Å². The third-order valence-corrected chi connectivity index (χ3v) is 7.16. The molecule has 30 heavy (non-hydrogen) atoms. The maximum absolute atomic E-state index is 13.5. The molecule has 1 amide bonds. The van der Waals surface area contributed by atoms with Crippen LogP contribution in [0.25, 0.3) is 11.1 Å². The number of piperidine rings is 1. The molecule has 2 aromatic heterocycles. The summed E-state index contributed by atoms with van der Waals surface area (Å²) in [5, 5.41) is 9.80. The first kappa shape index (κ1) is 19.4. The topological polar surface area (TPSA) is 82.5 Å². The number of amides is 1. The second kappa shape index (κ2) is 7.95. The lowest BCUT2D eigenvalue weighted by Crippen LogP contribution is -2.50. The summed E-state index contributed by atoms with van der Waals surface area (Å²) in [5.74, 6) is 1.01. The first-order chi connectivity index (χ1) is 14.6. The van der Waals surface area contributed by atoms with Crippen molar-refractivity contribution in [3.63, 3.8) is 0 Å². The standard InChI is InChI=1S/C23H29N5O2/c29-20-4-2-19(3-5-20)28-13-9-23(21(28)30)8-1-12-27(16-23)22-25-14-18(15-26-22)17-6-10-24-11-7-17/h6-7,10-11,14-15,19-20,29H,1-5,8-9,12-13,16H2/t19?,20?,23-/m1/s1. The van der Waals surface area contributed by atoms with Gasteiger partial charge in [-0.25, -0.2) is 9.97 Å². The van der Waals surface area contributed by atoms with Gasteiger partial charge in [0.25, 0.3) is 0 Å². The van der Waals surface area contributed by atoms with Crippen LogP contribution in [0.15, 0.2) is 36.9 Å². The number of carbonyl (C=O) groups is 1. The van der Waals surface area contributed by atoms with Gasteiger partial charge in [0.1, 0.15) is 0 Å². The smallest absolute Gasteiger partial charge is 0.230 e. The SMILES string of the molecule is O=C1N(C2CCC(O)CC2)CC[C@@]12CCCN(c1ncc(-c3ccncc3)cn1)C2. The van der Waals surface area contributed by atoms with E-state index < -0.39 is 0 Å². The van der Waals surface area contributed by atoms with Crippen molar-refractivity contribution in [1.29, 1.82) is 0 Å². The molecular formula is C23H29N5O2. The highest BCUT2D eigenvalue weighted by Gasteiger charge is 2.50. The van der Waals surface area contributed by atoms with Gasteiger partial charge in [-0.15, -0.1) is 0 Å². The summed E-state index contributed by atoms with van der Waals surface area (Å²) >= 11 is 0. The van der Waals surface area contributed by atoms with Crippen molar-refractivity contribution in [3.8, 4) is 11.1 Å². The van der Waals surface area contributed by atoms with Crippen molar-refractivity contribution in [2.75, 3.05) is 24.5 Å². The maximum atomic E-state index is 13.5. The third kappa shape index (κ3) is 3.55. The van der Waals surface area contributed by atoms with Crippen molar-refractivity contribution < 1.29 is 9.90 Å². The van der Waals surface area contributed by atoms with Crippen LogP contribution in [0.5, 0.6) is 0 Å². The van der Waals surface area contributed by atoms with E-state index >= 15 is 0 Å². The van der Waals surface area contributed by atoms with E-state index in [0.717, 1.165) is 69.2 Å². The number of nitrogens with zero attached hydrogens (tertiary/aromatic N) is 5. The number of aliphatic hydroxyl groups excluding tert-OH is 1. The van der Waals surface area contributed by atoms with Gasteiger partial charge in [-0.1, -0.05) is 0 Å². The summed E-state index contributed by atoms with van der Waals surface area (Å²) in [6, 6.07) is 4.20. The largest absolute Gasteiger partial charge is 0.393 e. The Balaban J connectivity index is 1.29.